The van der Waals surface area contributed by atoms with Crippen molar-refractivity contribution in [2.75, 3.05) is 0 Å². The van der Waals surface area contributed by atoms with Crippen LogP contribution in [0.4, 0.5) is 5.69 Å². The van der Waals surface area contributed by atoms with Gasteiger partial charge in [-0.1, -0.05) is 78.9 Å². The first-order valence-corrected chi connectivity index (χ1v) is 10.2. The number of hydrogen-bond acceptors (Lipinski definition) is 2. The largest absolute Gasteiger partial charge is 0.295 e. The molecule has 0 spiro atoms. The number of nitrogens with one attached hydrogen (secondary N) is 1. The number of benzene rings is 3. The molecule has 4 aromatic rings. The van der Waals surface area contributed by atoms with Gasteiger partial charge in [0.25, 0.3) is 5.56 Å². The van der Waals surface area contributed by atoms with E-state index in [-0.39, 0.29) is 5.56 Å². The van der Waals surface area contributed by atoms with E-state index >= 15 is 0 Å². The van der Waals surface area contributed by atoms with E-state index < -0.39 is 0 Å². The molecule has 4 heteroatoms. The predicted molar refractivity (Wildman–Crippen MR) is 127 cm³/mol. The van der Waals surface area contributed by atoms with Gasteiger partial charge in [-0.25, -0.2) is 4.68 Å². The van der Waals surface area contributed by atoms with E-state index in [4.69, 9.17) is 0 Å². The smallest absolute Gasteiger partial charge is 0.279 e. The Bertz CT molecular complexity index is 1390. The molecule has 0 aliphatic carbocycles. The Hall–Kier alpha value is -4.18. The lowest BCUT2D eigenvalue weighted by molar-refractivity contribution is 0.835. The number of hydrogen-bond donors (Lipinski definition) is 1. The van der Waals surface area contributed by atoms with Crippen molar-refractivity contribution in [1.29, 1.82) is 0 Å². The predicted octanol–water partition coefficient (Wildman–Crippen LogP) is 5.71. The van der Waals surface area contributed by atoms with Gasteiger partial charge in [0.15, 0.2) is 0 Å². The molecule has 5 rings (SSSR count). The van der Waals surface area contributed by atoms with Gasteiger partial charge in [0, 0.05) is 23.0 Å². The summed E-state index contributed by atoms with van der Waals surface area (Å²) in [5.41, 5.74) is 7.17. The summed E-state index contributed by atoms with van der Waals surface area (Å²) in [5.74, 6) is 0. The molecule has 0 atom stereocenters. The van der Waals surface area contributed by atoms with Gasteiger partial charge in [0.05, 0.1) is 16.9 Å². The second-order valence-corrected chi connectivity index (χ2v) is 7.43. The van der Waals surface area contributed by atoms with Crippen LogP contribution in [0.2, 0.25) is 0 Å². The van der Waals surface area contributed by atoms with Crippen molar-refractivity contribution in [3.05, 3.63) is 130 Å². The van der Waals surface area contributed by atoms with E-state index in [2.05, 4.69) is 16.2 Å². The molecule has 0 fully saturated rings. The Labute approximate surface area is 180 Å². The van der Waals surface area contributed by atoms with Crippen molar-refractivity contribution in [3.8, 4) is 5.69 Å². The number of aryl methyl sites for hydroxylation is 1. The van der Waals surface area contributed by atoms with Crippen molar-refractivity contribution in [3.63, 3.8) is 0 Å². The van der Waals surface area contributed by atoms with E-state index in [9.17, 15) is 4.79 Å². The van der Waals surface area contributed by atoms with E-state index in [1.807, 2.05) is 104 Å². The SMILES string of the molecule is Cc1[nH]n(-c2ccccc2)c(=O)c1/C(=C/C=C1\C=Nc2ccccc21)c1ccccc1. The number of para-hydroxylation sites is 2. The van der Waals surface area contributed by atoms with Gasteiger partial charge in [-0.2, -0.15) is 0 Å². The van der Waals surface area contributed by atoms with E-state index in [0.717, 1.165) is 39.3 Å². The van der Waals surface area contributed by atoms with Crippen molar-refractivity contribution in [2.45, 2.75) is 6.92 Å². The standard InChI is InChI=1S/C27H21N3O/c1-19-26(27(31)30(29-19)22-12-6-3-7-13-22)24(20-10-4-2-5-11-20)17-16-21-18-28-25-15-9-8-14-23(21)25/h2-18,29H,1H3/b21-16+,24-17+. The highest BCUT2D eigenvalue weighted by Gasteiger charge is 2.18. The van der Waals surface area contributed by atoms with E-state index in [1.54, 1.807) is 4.68 Å². The highest BCUT2D eigenvalue weighted by molar-refractivity contribution is 6.17. The molecule has 0 unspecified atom stereocenters. The van der Waals surface area contributed by atoms with Crippen LogP contribution in [-0.2, 0) is 0 Å². The van der Waals surface area contributed by atoms with Gasteiger partial charge in [0.1, 0.15) is 0 Å². The second kappa shape index (κ2) is 7.92. The molecule has 3 aromatic carbocycles. The lowest BCUT2D eigenvalue weighted by Gasteiger charge is -2.06. The summed E-state index contributed by atoms with van der Waals surface area (Å²) in [7, 11) is 0. The number of aromatic amines is 1. The molecule has 150 valence electrons. The van der Waals surface area contributed by atoms with Gasteiger partial charge in [-0.05, 0) is 36.3 Å². The van der Waals surface area contributed by atoms with Gasteiger partial charge >= 0.3 is 0 Å². The zero-order chi connectivity index (χ0) is 21.2. The van der Waals surface area contributed by atoms with Crippen LogP contribution < -0.4 is 5.56 Å². The molecule has 0 radical (unpaired) electrons. The number of aliphatic imine (C=N–C) groups is 1. The van der Waals surface area contributed by atoms with Crippen molar-refractivity contribution in [2.24, 2.45) is 4.99 Å². The summed E-state index contributed by atoms with van der Waals surface area (Å²) < 4.78 is 1.60. The first kappa shape index (κ1) is 18.8. The Morgan fingerprint density at radius 1 is 0.903 bits per heavy atom. The summed E-state index contributed by atoms with van der Waals surface area (Å²) in [6.45, 7) is 1.94. The fraction of sp³-hybridized carbons (Fsp3) is 0.0370. The minimum absolute atomic E-state index is 0.0716. The Balaban J connectivity index is 1.67. The molecular weight excluding hydrogens is 382 g/mol. The highest BCUT2D eigenvalue weighted by atomic mass is 16.1. The zero-order valence-electron chi connectivity index (χ0n) is 17.1. The minimum atomic E-state index is -0.0716. The molecule has 4 nitrogen and oxygen atoms in total. The third-order valence-corrected chi connectivity index (χ3v) is 5.43. The summed E-state index contributed by atoms with van der Waals surface area (Å²) in [6, 6.07) is 27.7. The molecule has 1 N–H and O–H groups in total. The number of H-pyrrole nitrogens is 1. The molecule has 2 heterocycles. The first-order chi connectivity index (χ1) is 15.2. The minimum Gasteiger partial charge on any atom is -0.295 e. The monoisotopic (exact) mass is 403 g/mol. The number of allylic oxidation sites excluding steroid dienone is 3. The lowest BCUT2D eigenvalue weighted by Crippen LogP contribution is -2.17. The molecule has 0 amide bonds. The average Bonchev–Trinajstić information content (AvgIpc) is 3.36. The van der Waals surface area contributed by atoms with E-state index in [0.29, 0.717) is 5.56 Å². The third kappa shape index (κ3) is 3.49. The normalized spacial score (nSPS) is 14.2. The number of aromatic nitrogens is 2. The maximum atomic E-state index is 13.4. The summed E-state index contributed by atoms with van der Waals surface area (Å²) >= 11 is 0. The fourth-order valence-corrected chi connectivity index (χ4v) is 3.91. The lowest BCUT2D eigenvalue weighted by atomic mass is 9.97. The van der Waals surface area contributed by atoms with Crippen LogP contribution in [-0.4, -0.2) is 16.0 Å². The Morgan fingerprint density at radius 2 is 1.58 bits per heavy atom. The van der Waals surface area contributed by atoms with Crippen LogP contribution in [0.25, 0.3) is 16.8 Å². The van der Waals surface area contributed by atoms with Crippen molar-refractivity contribution < 1.29 is 0 Å². The summed E-state index contributed by atoms with van der Waals surface area (Å²) in [5, 5.41) is 3.24. The molecule has 1 aromatic heterocycles. The van der Waals surface area contributed by atoms with Crippen molar-refractivity contribution >= 4 is 23.0 Å². The highest BCUT2D eigenvalue weighted by Crippen LogP contribution is 2.32. The molecular formula is C27H21N3O. The second-order valence-electron chi connectivity index (χ2n) is 7.43. The van der Waals surface area contributed by atoms with Crippen LogP contribution in [0.1, 0.15) is 22.4 Å². The fourth-order valence-electron chi connectivity index (χ4n) is 3.91. The molecule has 0 saturated heterocycles. The van der Waals surface area contributed by atoms with Crippen LogP contribution >= 0.6 is 0 Å². The Morgan fingerprint density at radius 3 is 2.35 bits per heavy atom. The quantitative estimate of drug-likeness (QED) is 0.466. The Kier molecular flexibility index (Phi) is 4.81. The first-order valence-electron chi connectivity index (χ1n) is 10.2. The van der Waals surface area contributed by atoms with Crippen LogP contribution in [0.3, 0.4) is 0 Å². The van der Waals surface area contributed by atoms with Crippen LogP contribution in [0.15, 0.2) is 107 Å². The molecule has 1 aliphatic heterocycles. The maximum Gasteiger partial charge on any atom is 0.279 e. The molecule has 0 bridgehead atoms. The molecule has 1 aliphatic rings. The average molecular weight is 403 g/mol. The summed E-state index contributed by atoms with van der Waals surface area (Å²) in [6.07, 6.45) is 5.93. The van der Waals surface area contributed by atoms with Gasteiger partial charge < -0.3 is 0 Å². The van der Waals surface area contributed by atoms with Gasteiger partial charge in [-0.3, -0.25) is 14.9 Å². The molecule has 0 saturated carbocycles. The van der Waals surface area contributed by atoms with Crippen molar-refractivity contribution in [1.82, 2.24) is 9.78 Å². The zero-order valence-corrected chi connectivity index (χ0v) is 17.1. The topological polar surface area (TPSA) is 50.1 Å². The third-order valence-electron chi connectivity index (χ3n) is 5.43. The maximum absolute atomic E-state index is 13.4. The van der Waals surface area contributed by atoms with Gasteiger partial charge in [-0.15, -0.1) is 0 Å². The van der Waals surface area contributed by atoms with Crippen LogP contribution in [0, 0.1) is 6.92 Å². The number of rotatable bonds is 4. The number of fused-ring (bicyclic) bond motifs is 1. The van der Waals surface area contributed by atoms with Crippen LogP contribution in [0.5, 0.6) is 0 Å². The van der Waals surface area contributed by atoms with Gasteiger partial charge in [0.2, 0.25) is 0 Å². The summed E-state index contributed by atoms with van der Waals surface area (Å²) in [4.78, 5) is 17.9. The van der Waals surface area contributed by atoms with E-state index in [1.165, 1.54) is 0 Å². The number of nitrogens with zero attached hydrogens (tertiary/aromatic N) is 2. The molecule has 31 heavy (non-hydrogen) atoms.